The molecular formula is C12H14O3. The van der Waals surface area contributed by atoms with Crippen LogP contribution in [-0.4, -0.2) is 18.2 Å². The standard InChI is InChI=1S/C12H14O3/c1-15-7-8-3-2-4-9(5-8)10-6-11(10)12(13)14/h2-5,10-11H,6-7H2,1H3,(H,13,14). The first-order chi connectivity index (χ1) is 7.22. The van der Waals surface area contributed by atoms with E-state index in [0.717, 1.165) is 17.5 Å². The highest BCUT2D eigenvalue weighted by atomic mass is 16.5. The normalized spacial score (nSPS) is 23.8. The van der Waals surface area contributed by atoms with Crippen LogP contribution < -0.4 is 0 Å². The Morgan fingerprint density at radius 3 is 3.00 bits per heavy atom. The van der Waals surface area contributed by atoms with Crippen LogP contribution in [0.4, 0.5) is 0 Å². The monoisotopic (exact) mass is 206 g/mol. The third-order valence-corrected chi connectivity index (χ3v) is 2.80. The number of benzene rings is 1. The van der Waals surface area contributed by atoms with E-state index in [1.165, 1.54) is 0 Å². The van der Waals surface area contributed by atoms with Crippen molar-refractivity contribution in [1.82, 2.24) is 0 Å². The Kier molecular flexibility index (Phi) is 2.73. The Morgan fingerprint density at radius 1 is 1.60 bits per heavy atom. The van der Waals surface area contributed by atoms with Crippen molar-refractivity contribution < 1.29 is 14.6 Å². The van der Waals surface area contributed by atoms with Crippen molar-refractivity contribution in [1.29, 1.82) is 0 Å². The third kappa shape index (κ3) is 2.18. The van der Waals surface area contributed by atoms with Crippen LogP contribution in [0.5, 0.6) is 0 Å². The van der Waals surface area contributed by atoms with E-state index in [1.807, 2.05) is 24.3 Å². The SMILES string of the molecule is COCc1cccc(C2CC2C(=O)O)c1. The van der Waals surface area contributed by atoms with Gasteiger partial charge in [-0.3, -0.25) is 4.79 Å². The molecule has 2 atom stereocenters. The molecule has 0 bridgehead atoms. The van der Waals surface area contributed by atoms with Crippen molar-refractivity contribution in [3.63, 3.8) is 0 Å². The van der Waals surface area contributed by atoms with Gasteiger partial charge in [-0.25, -0.2) is 0 Å². The maximum atomic E-state index is 10.7. The molecule has 2 unspecified atom stereocenters. The molecule has 1 aromatic rings. The molecule has 0 spiro atoms. The maximum absolute atomic E-state index is 10.7. The van der Waals surface area contributed by atoms with E-state index >= 15 is 0 Å². The molecule has 0 amide bonds. The lowest BCUT2D eigenvalue weighted by Crippen LogP contribution is -1.99. The zero-order valence-corrected chi connectivity index (χ0v) is 8.64. The van der Waals surface area contributed by atoms with Gasteiger partial charge in [-0.15, -0.1) is 0 Å². The Labute approximate surface area is 88.7 Å². The van der Waals surface area contributed by atoms with Gasteiger partial charge in [0, 0.05) is 7.11 Å². The lowest BCUT2D eigenvalue weighted by molar-refractivity contribution is -0.138. The average Bonchev–Trinajstić information content (AvgIpc) is 2.98. The number of carbonyl (C=O) groups is 1. The van der Waals surface area contributed by atoms with Crippen LogP contribution in [0.3, 0.4) is 0 Å². The molecule has 1 saturated carbocycles. The molecule has 2 rings (SSSR count). The van der Waals surface area contributed by atoms with Crippen molar-refractivity contribution in [3.05, 3.63) is 35.4 Å². The predicted molar refractivity (Wildman–Crippen MR) is 55.6 cm³/mol. The first-order valence-corrected chi connectivity index (χ1v) is 5.03. The van der Waals surface area contributed by atoms with E-state index in [0.29, 0.717) is 6.61 Å². The number of methoxy groups -OCH3 is 1. The average molecular weight is 206 g/mol. The number of hydrogen-bond donors (Lipinski definition) is 1. The summed E-state index contributed by atoms with van der Waals surface area (Å²) in [4.78, 5) is 10.7. The van der Waals surface area contributed by atoms with Crippen molar-refractivity contribution >= 4 is 5.97 Å². The number of hydrogen-bond acceptors (Lipinski definition) is 2. The summed E-state index contributed by atoms with van der Waals surface area (Å²) >= 11 is 0. The molecule has 0 heterocycles. The minimum absolute atomic E-state index is 0.178. The zero-order valence-electron chi connectivity index (χ0n) is 8.64. The highest BCUT2D eigenvalue weighted by molar-refractivity contribution is 5.75. The molecule has 0 radical (unpaired) electrons. The summed E-state index contributed by atoms with van der Waals surface area (Å²) < 4.78 is 5.04. The fourth-order valence-corrected chi connectivity index (χ4v) is 1.92. The van der Waals surface area contributed by atoms with E-state index in [2.05, 4.69) is 0 Å². The summed E-state index contributed by atoms with van der Waals surface area (Å²) in [6, 6.07) is 7.98. The molecule has 0 saturated heterocycles. The number of rotatable bonds is 4. The molecule has 0 aliphatic heterocycles. The molecule has 3 nitrogen and oxygen atoms in total. The molecule has 80 valence electrons. The van der Waals surface area contributed by atoms with Gasteiger partial charge in [0.2, 0.25) is 0 Å². The summed E-state index contributed by atoms with van der Waals surface area (Å²) in [5.41, 5.74) is 2.22. The van der Waals surface area contributed by atoms with Gasteiger partial charge in [-0.1, -0.05) is 24.3 Å². The Bertz CT molecular complexity index is 373. The van der Waals surface area contributed by atoms with Gasteiger partial charge in [0.25, 0.3) is 0 Å². The van der Waals surface area contributed by atoms with Gasteiger partial charge in [-0.05, 0) is 23.5 Å². The maximum Gasteiger partial charge on any atom is 0.307 e. The van der Waals surface area contributed by atoms with E-state index < -0.39 is 5.97 Å². The smallest absolute Gasteiger partial charge is 0.307 e. The molecule has 15 heavy (non-hydrogen) atoms. The van der Waals surface area contributed by atoms with Gasteiger partial charge in [0.1, 0.15) is 0 Å². The summed E-state index contributed by atoms with van der Waals surface area (Å²) in [7, 11) is 1.66. The molecule has 3 heteroatoms. The summed E-state index contributed by atoms with van der Waals surface area (Å²) in [6.07, 6.45) is 0.770. The van der Waals surface area contributed by atoms with E-state index in [4.69, 9.17) is 9.84 Å². The fraction of sp³-hybridized carbons (Fsp3) is 0.417. The van der Waals surface area contributed by atoms with Crippen LogP contribution in [0.25, 0.3) is 0 Å². The minimum Gasteiger partial charge on any atom is -0.481 e. The molecule has 1 aromatic carbocycles. The van der Waals surface area contributed by atoms with Crippen LogP contribution >= 0.6 is 0 Å². The first kappa shape index (κ1) is 10.2. The Balaban J connectivity index is 2.10. The second kappa shape index (κ2) is 4.03. The van der Waals surface area contributed by atoms with Crippen molar-refractivity contribution in [2.75, 3.05) is 7.11 Å². The summed E-state index contributed by atoms with van der Waals surface area (Å²) in [6.45, 7) is 0.582. The topological polar surface area (TPSA) is 46.5 Å². The van der Waals surface area contributed by atoms with Gasteiger partial charge in [0.05, 0.1) is 12.5 Å². The van der Waals surface area contributed by atoms with Crippen molar-refractivity contribution in [3.8, 4) is 0 Å². The van der Waals surface area contributed by atoms with Crippen LogP contribution in [0.1, 0.15) is 23.5 Å². The van der Waals surface area contributed by atoms with E-state index in [1.54, 1.807) is 7.11 Å². The van der Waals surface area contributed by atoms with Crippen LogP contribution in [-0.2, 0) is 16.1 Å². The fourth-order valence-electron chi connectivity index (χ4n) is 1.92. The molecule has 1 aliphatic carbocycles. The molecule has 1 fully saturated rings. The quantitative estimate of drug-likeness (QED) is 0.819. The van der Waals surface area contributed by atoms with Crippen LogP contribution in [0, 0.1) is 5.92 Å². The minimum atomic E-state index is -0.683. The van der Waals surface area contributed by atoms with Crippen LogP contribution in [0.15, 0.2) is 24.3 Å². The molecule has 1 aliphatic rings. The molecule has 0 aromatic heterocycles. The van der Waals surface area contributed by atoms with Crippen molar-refractivity contribution in [2.24, 2.45) is 5.92 Å². The van der Waals surface area contributed by atoms with E-state index in [-0.39, 0.29) is 11.8 Å². The number of ether oxygens (including phenoxy) is 1. The third-order valence-electron chi connectivity index (χ3n) is 2.80. The first-order valence-electron chi connectivity index (χ1n) is 5.03. The Morgan fingerprint density at radius 2 is 2.40 bits per heavy atom. The summed E-state index contributed by atoms with van der Waals surface area (Å²) in [5, 5.41) is 8.83. The highest BCUT2D eigenvalue weighted by Gasteiger charge is 2.44. The van der Waals surface area contributed by atoms with E-state index in [9.17, 15) is 4.79 Å². The van der Waals surface area contributed by atoms with Crippen molar-refractivity contribution in [2.45, 2.75) is 18.9 Å². The van der Waals surface area contributed by atoms with Gasteiger partial charge in [-0.2, -0.15) is 0 Å². The second-order valence-corrected chi connectivity index (χ2v) is 3.96. The predicted octanol–water partition coefficient (Wildman–Crippen LogP) is 2.02. The highest BCUT2D eigenvalue weighted by Crippen LogP contribution is 2.47. The lowest BCUT2D eigenvalue weighted by atomic mass is 10.1. The number of carboxylic acid groups (broad SMARTS) is 1. The van der Waals surface area contributed by atoms with Crippen LogP contribution in [0.2, 0.25) is 0 Å². The van der Waals surface area contributed by atoms with Gasteiger partial charge >= 0.3 is 5.97 Å². The number of aliphatic carboxylic acids is 1. The lowest BCUT2D eigenvalue weighted by Gasteiger charge is -2.03. The van der Waals surface area contributed by atoms with Gasteiger partial charge in [0.15, 0.2) is 0 Å². The largest absolute Gasteiger partial charge is 0.481 e. The number of carboxylic acids is 1. The molecule has 1 N–H and O–H groups in total. The Hall–Kier alpha value is -1.35. The summed E-state index contributed by atoms with van der Waals surface area (Å²) in [5.74, 6) is -0.653. The van der Waals surface area contributed by atoms with Gasteiger partial charge < -0.3 is 9.84 Å². The zero-order chi connectivity index (χ0) is 10.8. The second-order valence-electron chi connectivity index (χ2n) is 3.96. The molecular weight excluding hydrogens is 192 g/mol.